The van der Waals surface area contributed by atoms with Crippen molar-refractivity contribution in [3.05, 3.63) is 0 Å². The molecule has 0 aromatic carbocycles. The fourth-order valence-corrected chi connectivity index (χ4v) is 2.97. The van der Waals surface area contributed by atoms with E-state index in [1.54, 1.807) is 0 Å². The third kappa shape index (κ3) is 2.54. The molecule has 0 bridgehead atoms. The number of aliphatic hydroxyl groups is 1. The molecule has 2 aliphatic rings. The van der Waals surface area contributed by atoms with Crippen LogP contribution in [0.25, 0.3) is 0 Å². The molecule has 2 heteroatoms. The average Bonchev–Trinajstić information content (AvgIpc) is 2.99. The zero-order valence-electron chi connectivity index (χ0n) is 10.2. The predicted octanol–water partition coefficient (Wildman–Crippen LogP) is 2.13. The van der Waals surface area contributed by atoms with Gasteiger partial charge >= 0.3 is 0 Å². The summed E-state index contributed by atoms with van der Waals surface area (Å²) in [5.74, 6) is 1.37. The van der Waals surface area contributed by atoms with Crippen LogP contribution in [0.15, 0.2) is 0 Å². The fraction of sp³-hybridized carbons (Fsp3) is 1.00. The minimum atomic E-state index is 0.380. The lowest BCUT2D eigenvalue weighted by molar-refractivity contribution is 0.0940. The molecule has 2 rings (SSSR count). The van der Waals surface area contributed by atoms with Gasteiger partial charge in [-0.05, 0) is 49.5 Å². The summed E-state index contributed by atoms with van der Waals surface area (Å²) in [6.45, 7) is 8.77. The third-order valence-electron chi connectivity index (χ3n) is 4.52. The lowest BCUT2D eigenvalue weighted by Gasteiger charge is -2.35. The van der Waals surface area contributed by atoms with E-state index < -0.39 is 0 Å². The predicted molar refractivity (Wildman–Crippen MR) is 62.8 cm³/mol. The maximum atomic E-state index is 9.21. The van der Waals surface area contributed by atoms with E-state index in [-0.39, 0.29) is 0 Å². The van der Waals surface area contributed by atoms with E-state index in [0.29, 0.717) is 17.9 Å². The van der Waals surface area contributed by atoms with E-state index in [9.17, 15) is 5.11 Å². The van der Waals surface area contributed by atoms with E-state index in [4.69, 9.17) is 0 Å². The number of nitrogens with zero attached hydrogens (tertiary/aromatic N) is 1. The van der Waals surface area contributed by atoms with Crippen molar-refractivity contribution in [2.75, 3.05) is 26.2 Å². The highest BCUT2D eigenvalue weighted by Gasteiger charge is 2.46. The minimum absolute atomic E-state index is 0.380. The van der Waals surface area contributed by atoms with Crippen molar-refractivity contribution in [1.29, 1.82) is 0 Å². The normalized spacial score (nSPS) is 30.8. The monoisotopic (exact) mass is 211 g/mol. The Balaban J connectivity index is 1.84. The summed E-state index contributed by atoms with van der Waals surface area (Å²) in [7, 11) is 0. The zero-order valence-corrected chi connectivity index (χ0v) is 10.2. The molecule has 1 N–H and O–H groups in total. The Labute approximate surface area is 93.7 Å². The van der Waals surface area contributed by atoms with Gasteiger partial charge in [0.15, 0.2) is 0 Å². The van der Waals surface area contributed by atoms with Gasteiger partial charge in [-0.1, -0.05) is 13.8 Å². The molecule has 2 nitrogen and oxygen atoms in total. The Morgan fingerprint density at radius 3 is 2.67 bits per heavy atom. The van der Waals surface area contributed by atoms with Crippen LogP contribution in [-0.4, -0.2) is 36.2 Å². The third-order valence-corrected chi connectivity index (χ3v) is 4.52. The second kappa shape index (κ2) is 4.42. The largest absolute Gasteiger partial charge is 0.396 e. The van der Waals surface area contributed by atoms with Gasteiger partial charge < -0.3 is 10.0 Å². The van der Waals surface area contributed by atoms with E-state index in [1.165, 1.54) is 38.8 Å². The average molecular weight is 211 g/mol. The van der Waals surface area contributed by atoms with Gasteiger partial charge in [-0.3, -0.25) is 0 Å². The molecule has 0 aromatic rings. The molecule has 0 radical (unpaired) electrons. The second-order valence-electron chi connectivity index (χ2n) is 5.94. The van der Waals surface area contributed by atoms with Crippen LogP contribution in [0.4, 0.5) is 0 Å². The molecule has 2 fully saturated rings. The van der Waals surface area contributed by atoms with Gasteiger partial charge in [0.25, 0.3) is 0 Å². The highest BCUT2D eigenvalue weighted by molar-refractivity contribution is 4.98. The van der Waals surface area contributed by atoms with E-state index in [1.807, 2.05) is 0 Å². The summed E-state index contributed by atoms with van der Waals surface area (Å²) in [4.78, 5) is 2.59. The zero-order chi connectivity index (χ0) is 10.9. The molecule has 1 heterocycles. The number of piperidine rings is 1. The van der Waals surface area contributed by atoms with Crippen LogP contribution in [0.1, 0.15) is 39.5 Å². The summed E-state index contributed by atoms with van der Waals surface area (Å²) < 4.78 is 0. The molecule has 1 saturated heterocycles. The van der Waals surface area contributed by atoms with Crippen LogP contribution in [0, 0.1) is 17.3 Å². The minimum Gasteiger partial charge on any atom is -0.396 e. The molecule has 15 heavy (non-hydrogen) atoms. The molecular formula is C13H25NO. The molecule has 1 saturated carbocycles. The topological polar surface area (TPSA) is 23.5 Å². The van der Waals surface area contributed by atoms with Crippen molar-refractivity contribution in [2.45, 2.75) is 39.5 Å². The van der Waals surface area contributed by atoms with Gasteiger partial charge in [-0.25, -0.2) is 0 Å². The number of likely N-dealkylation sites (tertiary alicyclic amines) is 1. The fourth-order valence-electron chi connectivity index (χ4n) is 2.97. The van der Waals surface area contributed by atoms with Crippen molar-refractivity contribution in [1.82, 2.24) is 4.90 Å². The molecule has 0 aromatic heterocycles. The van der Waals surface area contributed by atoms with Crippen LogP contribution in [0.2, 0.25) is 0 Å². The Morgan fingerprint density at radius 2 is 2.13 bits per heavy atom. The lowest BCUT2D eigenvalue weighted by Crippen LogP contribution is -2.41. The first kappa shape index (κ1) is 11.4. The lowest BCUT2D eigenvalue weighted by atomic mass is 9.90. The number of rotatable bonds is 4. The molecule has 0 amide bonds. The summed E-state index contributed by atoms with van der Waals surface area (Å²) in [6, 6.07) is 0. The van der Waals surface area contributed by atoms with E-state index in [2.05, 4.69) is 18.7 Å². The Morgan fingerprint density at radius 1 is 1.40 bits per heavy atom. The first-order valence-corrected chi connectivity index (χ1v) is 6.49. The van der Waals surface area contributed by atoms with Crippen LogP contribution >= 0.6 is 0 Å². The van der Waals surface area contributed by atoms with Crippen molar-refractivity contribution in [3.63, 3.8) is 0 Å². The molecular weight excluding hydrogens is 186 g/mol. The van der Waals surface area contributed by atoms with Gasteiger partial charge in [0.05, 0.1) is 0 Å². The van der Waals surface area contributed by atoms with Crippen molar-refractivity contribution >= 4 is 0 Å². The van der Waals surface area contributed by atoms with Crippen LogP contribution in [0.3, 0.4) is 0 Å². The Kier molecular flexibility index (Phi) is 3.36. The SMILES string of the molecule is CC(C)C1(CN2CCCC(CO)C2)CC1. The van der Waals surface area contributed by atoms with E-state index in [0.717, 1.165) is 12.5 Å². The number of aliphatic hydroxyl groups excluding tert-OH is 1. The first-order valence-electron chi connectivity index (χ1n) is 6.49. The van der Waals surface area contributed by atoms with Gasteiger partial charge in [0.2, 0.25) is 0 Å². The van der Waals surface area contributed by atoms with Crippen LogP contribution < -0.4 is 0 Å². The maximum absolute atomic E-state index is 9.21. The summed E-state index contributed by atoms with van der Waals surface area (Å²) in [6.07, 6.45) is 5.34. The van der Waals surface area contributed by atoms with Crippen molar-refractivity contribution < 1.29 is 5.11 Å². The standard InChI is InChI=1S/C13H25NO/c1-11(2)13(5-6-13)10-14-7-3-4-12(8-14)9-15/h11-12,15H,3-10H2,1-2H3. The first-order chi connectivity index (χ1) is 7.16. The molecule has 1 unspecified atom stereocenters. The van der Waals surface area contributed by atoms with Crippen molar-refractivity contribution in [2.24, 2.45) is 17.3 Å². The summed E-state index contributed by atoms with van der Waals surface area (Å²) in [5, 5.41) is 9.21. The number of hydrogen-bond donors (Lipinski definition) is 1. The van der Waals surface area contributed by atoms with E-state index >= 15 is 0 Å². The summed E-state index contributed by atoms with van der Waals surface area (Å²) in [5.41, 5.74) is 0.636. The van der Waals surface area contributed by atoms with Gasteiger partial charge in [-0.2, -0.15) is 0 Å². The quantitative estimate of drug-likeness (QED) is 0.770. The number of hydrogen-bond acceptors (Lipinski definition) is 2. The molecule has 88 valence electrons. The highest BCUT2D eigenvalue weighted by Crippen LogP contribution is 2.52. The highest BCUT2D eigenvalue weighted by atomic mass is 16.3. The van der Waals surface area contributed by atoms with Gasteiger partial charge in [0, 0.05) is 19.7 Å². The van der Waals surface area contributed by atoms with Gasteiger partial charge in [-0.15, -0.1) is 0 Å². The maximum Gasteiger partial charge on any atom is 0.0471 e. The summed E-state index contributed by atoms with van der Waals surface area (Å²) >= 11 is 0. The van der Waals surface area contributed by atoms with Crippen LogP contribution in [0.5, 0.6) is 0 Å². The Bertz CT molecular complexity index is 211. The second-order valence-corrected chi connectivity index (χ2v) is 5.94. The molecule has 1 aliphatic carbocycles. The van der Waals surface area contributed by atoms with Crippen molar-refractivity contribution in [3.8, 4) is 0 Å². The molecule has 0 spiro atoms. The Hall–Kier alpha value is -0.0800. The smallest absolute Gasteiger partial charge is 0.0471 e. The molecule has 1 atom stereocenters. The van der Waals surface area contributed by atoms with Crippen LogP contribution in [-0.2, 0) is 0 Å². The molecule has 1 aliphatic heterocycles. The van der Waals surface area contributed by atoms with Gasteiger partial charge in [0.1, 0.15) is 0 Å².